The van der Waals surface area contributed by atoms with E-state index in [-0.39, 0.29) is 0 Å². The summed E-state index contributed by atoms with van der Waals surface area (Å²) in [5.41, 5.74) is 0. The Balaban J connectivity index is 3.60. The monoisotopic (exact) mass is 254 g/mol. The Labute approximate surface area is 86.9 Å². The van der Waals surface area contributed by atoms with E-state index in [1.165, 1.54) is 6.42 Å². The van der Waals surface area contributed by atoms with Gasteiger partial charge < -0.3 is 0 Å². The molecule has 3 heteroatoms. The minimum Gasteiger partial charge on any atom is -0.260 e. The number of alkyl halides is 1. The average Bonchev–Trinajstić information content (AvgIpc) is 1.97. The van der Waals surface area contributed by atoms with Crippen LogP contribution in [0.25, 0.3) is 0 Å². The molecule has 0 heterocycles. The quantitative estimate of drug-likeness (QED) is 0.667. The predicted octanol–water partition coefficient (Wildman–Crippen LogP) is 2.81. The molecular weight excluding hydrogens is 236 g/mol. The van der Waals surface area contributed by atoms with Gasteiger partial charge in [-0.15, -0.1) is 0 Å². The summed E-state index contributed by atoms with van der Waals surface area (Å²) in [5.74, 6) is 2.30. The van der Waals surface area contributed by atoms with Crippen molar-refractivity contribution in [2.24, 2.45) is 11.8 Å². The number of halogens is 1. The van der Waals surface area contributed by atoms with Gasteiger partial charge in [0, 0.05) is 28.1 Å². The second-order valence-electron chi connectivity index (χ2n) is 3.72. The molecule has 0 aromatic carbocycles. The Kier molecular flexibility index (Phi) is 7.45. The highest BCUT2D eigenvalue weighted by Crippen LogP contribution is 2.17. The highest BCUT2D eigenvalue weighted by molar-refractivity contribution is 9.09. The van der Waals surface area contributed by atoms with Crippen molar-refractivity contribution < 1.29 is 4.21 Å². The Morgan fingerprint density at radius 2 is 2.00 bits per heavy atom. The summed E-state index contributed by atoms with van der Waals surface area (Å²) in [6.45, 7) is 4.47. The van der Waals surface area contributed by atoms with Gasteiger partial charge in [0.2, 0.25) is 0 Å². The van der Waals surface area contributed by atoms with Crippen molar-refractivity contribution in [3.63, 3.8) is 0 Å². The SMILES string of the molecule is CC(C)CC(CBr)CCS(C)=O. The lowest BCUT2D eigenvalue weighted by Crippen LogP contribution is -2.10. The maximum absolute atomic E-state index is 10.8. The van der Waals surface area contributed by atoms with Gasteiger partial charge >= 0.3 is 0 Å². The molecule has 2 unspecified atom stereocenters. The molecule has 0 saturated carbocycles. The van der Waals surface area contributed by atoms with Crippen molar-refractivity contribution in [2.45, 2.75) is 26.7 Å². The molecule has 12 heavy (non-hydrogen) atoms. The zero-order valence-electron chi connectivity index (χ0n) is 8.18. The van der Waals surface area contributed by atoms with E-state index < -0.39 is 10.8 Å². The molecule has 1 nitrogen and oxygen atoms in total. The van der Waals surface area contributed by atoms with Crippen LogP contribution >= 0.6 is 15.9 Å². The van der Waals surface area contributed by atoms with Gasteiger partial charge in [0.1, 0.15) is 0 Å². The molecule has 2 atom stereocenters. The van der Waals surface area contributed by atoms with Crippen molar-refractivity contribution in [2.75, 3.05) is 17.3 Å². The first kappa shape index (κ1) is 12.6. The van der Waals surface area contributed by atoms with Gasteiger partial charge in [-0.2, -0.15) is 0 Å². The summed E-state index contributed by atoms with van der Waals surface area (Å²) < 4.78 is 10.8. The molecule has 0 aliphatic heterocycles. The van der Waals surface area contributed by atoms with Crippen LogP contribution in [0.1, 0.15) is 26.7 Å². The molecule has 0 rings (SSSR count). The molecule has 0 spiro atoms. The van der Waals surface area contributed by atoms with Gasteiger partial charge in [0.25, 0.3) is 0 Å². The van der Waals surface area contributed by atoms with Crippen molar-refractivity contribution in [1.82, 2.24) is 0 Å². The molecule has 0 bridgehead atoms. The topological polar surface area (TPSA) is 17.1 Å². The third-order valence-electron chi connectivity index (χ3n) is 1.84. The van der Waals surface area contributed by atoms with Crippen LogP contribution < -0.4 is 0 Å². The Morgan fingerprint density at radius 1 is 1.42 bits per heavy atom. The van der Waals surface area contributed by atoms with Crippen LogP contribution in [0.3, 0.4) is 0 Å². The van der Waals surface area contributed by atoms with Gasteiger partial charge in [0.15, 0.2) is 0 Å². The fourth-order valence-corrected chi connectivity index (χ4v) is 2.51. The van der Waals surface area contributed by atoms with Crippen LogP contribution in [0.4, 0.5) is 0 Å². The molecule has 0 fully saturated rings. The van der Waals surface area contributed by atoms with Gasteiger partial charge in [-0.05, 0) is 24.7 Å². The molecular formula is C9H19BrOS. The summed E-state index contributed by atoms with van der Waals surface area (Å²) in [6.07, 6.45) is 4.11. The lowest BCUT2D eigenvalue weighted by atomic mass is 9.97. The van der Waals surface area contributed by atoms with E-state index in [9.17, 15) is 4.21 Å². The zero-order chi connectivity index (χ0) is 9.56. The van der Waals surface area contributed by atoms with Crippen molar-refractivity contribution >= 4 is 26.7 Å². The minimum atomic E-state index is -0.623. The molecule has 0 aliphatic rings. The van der Waals surface area contributed by atoms with Crippen LogP contribution in [-0.4, -0.2) is 21.5 Å². The van der Waals surface area contributed by atoms with Crippen molar-refractivity contribution in [1.29, 1.82) is 0 Å². The molecule has 0 aromatic rings. The maximum Gasteiger partial charge on any atom is 0.0234 e. The molecule has 0 aliphatic carbocycles. The first-order valence-corrected chi connectivity index (χ1v) is 7.27. The van der Waals surface area contributed by atoms with E-state index in [1.54, 1.807) is 6.26 Å². The molecule has 0 N–H and O–H groups in total. The molecule has 0 amide bonds. The Bertz CT molecular complexity index is 136. The van der Waals surface area contributed by atoms with Gasteiger partial charge in [-0.3, -0.25) is 4.21 Å². The molecule has 0 aromatic heterocycles. The van der Waals surface area contributed by atoms with E-state index in [0.717, 1.165) is 23.4 Å². The maximum atomic E-state index is 10.8. The first-order valence-electron chi connectivity index (χ1n) is 4.42. The third-order valence-corrected chi connectivity index (χ3v) is 3.56. The van der Waals surface area contributed by atoms with Crippen molar-refractivity contribution in [3.8, 4) is 0 Å². The second kappa shape index (κ2) is 7.07. The summed E-state index contributed by atoms with van der Waals surface area (Å²) in [6, 6.07) is 0. The van der Waals surface area contributed by atoms with Gasteiger partial charge in [-0.1, -0.05) is 29.8 Å². The first-order chi connectivity index (χ1) is 5.56. The molecule has 0 radical (unpaired) electrons. The minimum absolute atomic E-state index is 0.623. The lowest BCUT2D eigenvalue weighted by molar-refractivity contribution is 0.438. The zero-order valence-corrected chi connectivity index (χ0v) is 10.6. The summed E-state index contributed by atoms with van der Waals surface area (Å²) in [7, 11) is -0.623. The van der Waals surface area contributed by atoms with E-state index in [4.69, 9.17) is 0 Å². The molecule has 74 valence electrons. The third kappa shape index (κ3) is 7.29. The van der Waals surface area contributed by atoms with Crippen LogP contribution in [0, 0.1) is 11.8 Å². The summed E-state index contributed by atoms with van der Waals surface area (Å²) in [4.78, 5) is 0. The van der Waals surface area contributed by atoms with Crippen molar-refractivity contribution in [3.05, 3.63) is 0 Å². The molecule has 0 saturated heterocycles. The summed E-state index contributed by atoms with van der Waals surface area (Å²) >= 11 is 3.50. The fourth-order valence-electron chi connectivity index (χ4n) is 1.26. The normalized spacial score (nSPS) is 16.4. The van der Waals surface area contributed by atoms with Crippen LogP contribution in [-0.2, 0) is 10.8 Å². The van der Waals surface area contributed by atoms with E-state index >= 15 is 0 Å². The number of hydrogen-bond acceptors (Lipinski definition) is 1. The Hall–Kier alpha value is 0.630. The Morgan fingerprint density at radius 3 is 2.33 bits per heavy atom. The van der Waals surface area contributed by atoms with Crippen LogP contribution in [0.15, 0.2) is 0 Å². The summed E-state index contributed by atoms with van der Waals surface area (Å²) in [5, 5.41) is 1.04. The standard InChI is InChI=1S/C9H19BrOS/c1-8(2)6-9(7-10)4-5-12(3)11/h8-9H,4-7H2,1-3H3. The lowest BCUT2D eigenvalue weighted by Gasteiger charge is -2.15. The number of hydrogen-bond donors (Lipinski definition) is 0. The van der Waals surface area contributed by atoms with E-state index in [2.05, 4.69) is 29.8 Å². The largest absolute Gasteiger partial charge is 0.260 e. The van der Waals surface area contributed by atoms with Gasteiger partial charge in [0.05, 0.1) is 0 Å². The predicted molar refractivity (Wildman–Crippen MR) is 60.3 cm³/mol. The van der Waals surface area contributed by atoms with Gasteiger partial charge in [-0.25, -0.2) is 0 Å². The average molecular weight is 255 g/mol. The highest BCUT2D eigenvalue weighted by atomic mass is 79.9. The smallest absolute Gasteiger partial charge is 0.0234 e. The van der Waals surface area contributed by atoms with Crippen LogP contribution in [0.2, 0.25) is 0 Å². The number of rotatable bonds is 6. The van der Waals surface area contributed by atoms with Crippen LogP contribution in [0.5, 0.6) is 0 Å². The van der Waals surface area contributed by atoms with E-state index in [0.29, 0.717) is 5.92 Å². The van der Waals surface area contributed by atoms with E-state index in [1.807, 2.05) is 0 Å². The highest BCUT2D eigenvalue weighted by Gasteiger charge is 2.09. The fraction of sp³-hybridized carbons (Fsp3) is 1.00. The second-order valence-corrected chi connectivity index (χ2v) is 5.92.